The minimum absolute atomic E-state index is 0.131. The summed E-state index contributed by atoms with van der Waals surface area (Å²) in [4.78, 5) is 12.2. The number of methoxy groups -OCH3 is 1. The molecule has 1 heterocycles. The van der Waals surface area contributed by atoms with Crippen molar-refractivity contribution in [2.45, 2.75) is 0 Å². The number of aromatic amines is 1. The Balaban J connectivity index is 1.76. The molecule has 7 heteroatoms. The van der Waals surface area contributed by atoms with Crippen LogP contribution in [0.2, 0.25) is 0 Å². The zero-order valence-corrected chi connectivity index (χ0v) is 13.7. The van der Waals surface area contributed by atoms with Gasteiger partial charge in [0.1, 0.15) is 0 Å². The summed E-state index contributed by atoms with van der Waals surface area (Å²) in [5.74, 6) is -2.08. The molecule has 3 aromatic rings. The maximum absolute atomic E-state index is 13.3. The second kappa shape index (κ2) is 7.18. The van der Waals surface area contributed by atoms with Crippen LogP contribution in [0.15, 0.2) is 48.5 Å². The molecule has 2 N–H and O–H groups in total. The highest BCUT2D eigenvalue weighted by Gasteiger charge is 2.09. The zero-order valence-electron chi connectivity index (χ0n) is 13.7. The van der Waals surface area contributed by atoms with Crippen LogP contribution in [0.5, 0.6) is 11.5 Å². The molecule has 0 unspecified atom stereocenters. The quantitative estimate of drug-likeness (QED) is 0.536. The number of phenols is 1. The molecule has 0 atom stereocenters. The van der Waals surface area contributed by atoms with Gasteiger partial charge < -0.3 is 9.84 Å². The molecule has 5 nitrogen and oxygen atoms in total. The van der Waals surface area contributed by atoms with Crippen LogP contribution >= 0.6 is 0 Å². The number of ether oxygens (including phenoxy) is 1. The van der Waals surface area contributed by atoms with Crippen LogP contribution in [0.1, 0.15) is 16.1 Å². The average Bonchev–Trinajstić information content (AvgIpc) is 3.11. The van der Waals surface area contributed by atoms with Crippen LogP contribution in [0.25, 0.3) is 17.3 Å². The van der Waals surface area contributed by atoms with Crippen LogP contribution in [0, 0.1) is 11.6 Å². The number of benzene rings is 2. The molecule has 0 aliphatic carbocycles. The van der Waals surface area contributed by atoms with E-state index < -0.39 is 11.6 Å². The largest absolute Gasteiger partial charge is 0.504 e. The molecule has 0 spiro atoms. The molecule has 0 saturated carbocycles. The summed E-state index contributed by atoms with van der Waals surface area (Å²) in [6, 6.07) is 9.41. The third kappa shape index (κ3) is 3.61. The topological polar surface area (TPSA) is 75.2 Å². The Kier molecular flexibility index (Phi) is 4.79. The maximum atomic E-state index is 13.3. The number of ketones is 1. The van der Waals surface area contributed by atoms with E-state index in [0.29, 0.717) is 22.5 Å². The fourth-order valence-corrected chi connectivity index (χ4v) is 2.33. The van der Waals surface area contributed by atoms with Crippen LogP contribution < -0.4 is 4.74 Å². The predicted molar refractivity (Wildman–Crippen MR) is 92.0 cm³/mol. The number of halogens is 2. The summed E-state index contributed by atoms with van der Waals surface area (Å²) >= 11 is 0. The number of hydrogen-bond donors (Lipinski definition) is 2. The van der Waals surface area contributed by atoms with Gasteiger partial charge in [-0.25, -0.2) is 8.78 Å². The Labute approximate surface area is 147 Å². The Hall–Kier alpha value is -3.48. The molecule has 0 bridgehead atoms. The van der Waals surface area contributed by atoms with Crippen LogP contribution in [-0.2, 0) is 0 Å². The second-order valence-corrected chi connectivity index (χ2v) is 5.42. The predicted octanol–water partition coefficient (Wildman–Crippen LogP) is 3.97. The molecule has 0 radical (unpaired) electrons. The number of nitrogens with one attached hydrogen (secondary N) is 1. The van der Waals surface area contributed by atoms with Crippen LogP contribution in [0.4, 0.5) is 8.78 Å². The van der Waals surface area contributed by atoms with Crippen LogP contribution in [-0.4, -0.2) is 28.2 Å². The smallest absolute Gasteiger partial charge is 0.186 e. The van der Waals surface area contributed by atoms with Gasteiger partial charge in [-0.05, 0) is 54.6 Å². The summed E-state index contributed by atoms with van der Waals surface area (Å²) in [7, 11) is 1.42. The van der Waals surface area contributed by atoms with Crippen molar-refractivity contribution in [2.75, 3.05) is 7.11 Å². The van der Waals surface area contributed by atoms with Gasteiger partial charge in [-0.1, -0.05) is 0 Å². The summed E-state index contributed by atoms with van der Waals surface area (Å²) in [5.41, 5.74) is 1.63. The average molecular weight is 356 g/mol. The normalized spacial score (nSPS) is 11.0. The van der Waals surface area contributed by atoms with E-state index in [1.807, 2.05) is 0 Å². The van der Waals surface area contributed by atoms with E-state index in [1.165, 1.54) is 43.5 Å². The van der Waals surface area contributed by atoms with Gasteiger partial charge >= 0.3 is 0 Å². The van der Waals surface area contributed by atoms with Crippen molar-refractivity contribution in [1.82, 2.24) is 10.2 Å². The number of aromatic hydroxyl groups is 1. The fraction of sp³-hybridized carbons (Fsp3) is 0.0526. The fourth-order valence-electron chi connectivity index (χ4n) is 2.33. The summed E-state index contributed by atoms with van der Waals surface area (Å²) < 4.78 is 31.2. The van der Waals surface area contributed by atoms with Crippen molar-refractivity contribution < 1.29 is 23.4 Å². The molecule has 26 heavy (non-hydrogen) atoms. The molecule has 0 saturated heterocycles. The van der Waals surface area contributed by atoms with Gasteiger partial charge in [0.25, 0.3) is 0 Å². The summed E-state index contributed by atoms with van der Waals surface area (Å²) in [5, 5.41) is 16.4. The lowest BCUT2D eigenvalue weighted by molar-refractivity contribution is 0.104. The lowest BCUT2D eigenvalue weighted by Crippen LogP contribution is -1.94. The Bertz CT molecular complexity index is 996. The molecule has 2 aromatic carbocycles. The van der Waals surface area contributed by atoms with E-state index in [-0.39, 0.29) is 17.3 Å². The standard InChI is InChI=1S/C19H14F2N2O3/c1-26-19-7-3-12(9-18(19)25)17(24)6-4-13-10-16(23-22-13)11-2-5-14(20)15(21)8-11/h2-10,25H,1H3,(H,22,23)/b6-4+. The zero-order chi connectivity index (χ0) is 18.7. The Morgan fingerprint density at radius 1 is 1.15 bits per heavy atom. The number of phenolic OH excluding ortho intramolecular Hbond substituents is 1. The molecular weight excluding hydrogens is 342 g/mol. The number of rotatable bonds is 5. The lowest BCUT2D eigenvalue weighted by atomic mass is 10.1. The first-order valence-corrected chi connectivity index (χ1v) is 7.58. The van der Waals surface area contributed by atoms with Crippen molar-refractivity contribution in [3.8, 4) is 22.8 Å². The van der Waals surface area contributed by atoms with Gasteiger partial charge in [0, 0.05) is 11.1 Å². The number of carbonyl (C=O) groups excluding carboxylic acids is 1. The van der Waals surface area contributed by atoms with Gasteiger partial charge in [-0.2, -0.15) is 5.10 Å². The van der Waals surface area contributed by atoms with Crippen molar-refractivity contribution in [2.24, 2.45) is 0 Å². The molecule has 3 rings (SSSR count). The third-order valence-electron chi connectivity index (χ3n) is 3.69. The summed E-state index contributed by atoms with van der Waals surface area (Å²) in [6.45, 7) is 0. The van der Waals surface area contributed by atoms with E-state index in [1.54, 1.807) is 6.07 Å². The number of aromatic nitrogens is 2. The molecule has 132 valence electrons. The number of carbonyl (C=O) groups is 1. The molecule has 1 aromatic heterocycles. The van der Waals surface area contributed by atoms with Gasteiger partial charge in [-0.15, -0.1) is 0 Å². The van der Waals surface area contributed by atoms with E-state index in [4.69, 9.17) is 4.74 Å². The van der Waals surface area contributed by atoms with Gasteiger partial charge in [0.2, 0.25) is 0 Å². The third-order valence-corrected chi connectivity index (χ3v) is 3.69. The minimum Gasteiger partial charge on any atom is -0.504 e. The van der Waals surface area contributed by atoms with Crippen LogP contribution in [0.3, 0.4) is 0 Å². The second-order valence-electron chi connectivity index (χ2n) is 5.42. The molecule has 0 fully saturated rings. The number of nitrogens with zero attached hydrogens (tertiary/aromatic N) is 1. The number of allylic oxidation sites excluding steroid dienone is 1. The highest BCUT2D eigenvalue weighted by atomic mass is 19.2. The first kappa shape index (κ1) is 17.3. The van der Waals surface area contributed by atoms with E-state index in [9.17, 15) is 18.7 Å². The SMILES string of the molecule is COc1ccc(C(=O)/C=C/c2cc(-c3ccc(F)c(F)c3)n[nH]2)cc1O. The highest BCUT2D eigenvalue weighted by molar-refractivity contribution is 6.07. The maximum Gasteiger partial charge on any atom is 0.186 e. The van der Waals surface area contributed by atoms with E-state index >= 15 is 0 Å². The van der Waals surface area contributed by atoms with E-state index in [2.05, 4.69) is 10.2 Å². The highest BCUT2D eigenvalue weighted by Crippen LogP contribution is 2.26. The van der Waals surface area contributed by atoms with Gasteiger partial charge in [-0.3, -0.25) is 9.89 Å². The first-order valence-electron chi connectivity index (χ1n) is 7.58. The van der Waals surface area contributed by atoms with E-state index in [0.717, 1.165) is 12.1 Å². The lowest BCUT2D eigenvalue weighted by Gasteiger charge is -2.03. The van der Waals surface area contributed by atoms with Crippen molar-refractivity contribution in [3.63, 3.8) is 0 Å². The summed E-state index contributed by atoms with van der Waals surface area (Å²) in [6.07, 6.45) is 2.81. The Morgan fingerprint density at radius 2 is 1.96 bits per heavy atom. The monoisotopic (exact) mass is 356 g/mol. The molecule has 0 aliphatic heterocycles. The van der Waals surface area contributed by atoms with Crippen molar-refractivity contribution >= 4 is 11.9 Å². The molecular formula is C19H14F2N2O3. The van der Waals surface area contributed by atoms with Crippen molar-refractivity contribution in [1.29, 1.82) is 0 Å². The number of hydrogen-bond acceptors (Lipinski definition) is 4. The molecule has 0 aliphatic rings. The van der Waals surface area contributed by atoms with Gasteiger partial charge in [0.15, 0.2) is 28.9 Å². The molecule has 0 amide bonds. The number of H-pyrrole nitrogens is 1. The minimum atomic E-state index is -0.961. The van der Waals surface area contributed by atoms with Crippen molar-refractivity contribution in [3.05, 3.63) is 71.4 Å². The van der Waals surface area contributed by atoms with Gasteiger partial charge in [0.05, 0.1) is 18.5 Å². The first-order chi connectivity index (χ1) is 12.5. The Morgan fingerprint density at radius 3 is 2.65 bits per heavy atom.